The van der Waals surface area contributed by atoms with Gasteiger partial charge in [-0.3, -0.25) is 0 Å². The summed E-state index contributed by atoms with van der Waals surface area (Å²) in [5, 5.41) is 3.47. The second kappa shape index (κ2) is 9.36. The monoisotopic (exact) mass is 314 g/mol. The molecule has 1 aliphatic rings. The number of carbonyl (C=O) groups is 1. The Morgan fingerprint density at radius 2 is 1.95 bits per heavy atom. The topological polar surface area (TPSA) is 50.8 Å². The van der Waals surface area contributed by atoms with Crippen molar-refractivity contribution in [2.75, 3.05) is 26.2 Å². The maximum atomic E-state index is 12.0. The van der Waals surface area contributed by atoms with Crippen LogP contribution >= 0.6 is 0 Å². The van der Waals surface area contributed by atoms with Crippen molar-refractivity contribution in [1.29, 1.82) is 0 Å². The molecule has 1 N–H and O–H groups in total. The van der Waals surface area contributed by atoms with Crippen LogP contribution in [0.2, 0.25) is 0 Å². The van der Waals surface area contributed by atoms with Crippen LogP contribution in [-0.2, 0) is 9.47 Å². The van der Waals surface area contributed by atoms with Crippen LogP contribution in [0.5, 0.6) is 0 Å². The maximum Gasteiger partial charge on any atom is 0.410 e. The van der Waals surface area contributed by atoms with Gasteiger partial charge >= 0.3 is 6.09 Å². The average Bonchev–Trinajstić information content (AvgIpc) is 2.43. The van der Waals surface area contributed by atoms with E-state index in [1.165, 1.54) is 12.8 Å². The Hall–Kier alpha value is -0.810. The molecule has 5 heteroatoms. The van der Waals surface area contributed by atoms with Gasteiger partial charge in [0.15, 0.2) is 0 Å². The molecule has 130 valence electrons. The maximum absolute atomic E-state index is 12.0. The number of rotatable bonds is 7. The minimum Gasteiger partial charge on any atom is -0.444 e. The van der Waals surface area contributed by atoms with Gasteiger partial charge in [0.05, 0.1) is 12.7 Å². The van der Waals surface area contributed by atoms with Crippen LogP contribution in [0.15, 0.2) is 0 Å². The second-order valence-electron chi connectivity index (χ2n) is 7.18. The van der Waals surface area contributed by atoms with Gasteiger partial charge in [-0.25, -0.2) is 4.79 Å². The van der Waals surface area contributed by atoms with E-state index < -0.39 is 5.60 Å². The zero-order valence-electron chi connectivity index (χ0n) is 15.0. The zero-order chi connectivity index (χ0) is 16.6. The van der Waals surface area contributed by atoms with Gasteiger partial charge in [-0.1, -0.05) is 13.3 Å². The first-order valence-electron chi connectivity index (χ1n) is 8.64. The Balaban J connectivity index is 2.14. The largest absolute Gasteiger partial charge is 0.444 e. The first kappa shape index (κ1) is 19.2. The Morgan fingerprint density at radius 1 is 1.32 bits per heavy atom. The number of amides is 1. The average molecular weight is 314 g/mol. The van der Waals surface area contributed by atoms with Crippen LogP contribution in [-0.4, -0.2) is 55.0 Å². The summed E-state index contributed by atoms with van der Waals surface area (Å²) in [5.41, 5.74) is -0.425. The molecule has 1 rings (SSSR count). The summed E-state index contributed by atoms with van der Waals surface area (Å²) in [5.74, 6) is 0. The highest BCUT2D eigenvalue weighted by Gasteiger charge is 2.26. The van der Waals surface area contributed by atoms with E-state index in [9.17, 15) is 4.79 Å². The van der Waals surface area contributed by atoms with Crippen LogP contribution in [0.1, 0.15) is 60.3 Å². The summed E-state index contributed by atoms with van der Waals surface area (Å²) in [7, 11) is 0. The molecule has 0 aromatic rings. The number of ether oxygens (including phenoxy) is 2. The van der Waals surface area contributed by atoms with E-state index >= 15 is 0 Å². The highest BCUT2D eigenvalue weighted by atomic mass is 16.6. The first-order valence-corrected chi connectivity index (χ1v) is 8.64. The van der Waals surface area contributed by atoms with Crippen LogP contribution < -0.4 is 5.32 Å². The number of nitrogens with one attached hydrogen (secondary N) is 1. The molecule has 0 aliphatic carbocycles. The van der Waals surface area contributed by atoms with Crippen LogP contribution in [0.4, 0.5) is 4.79 Å². The third kappa shape index (κ3) is 7.99. The van der Waals surface area contributed by atoms with E-state index in [0.717, 1.165) is 39.1 Å². The molecule has 0 saturated carbocycles. The Morgan fingerprint density at radius 3 is 2.50 bits per heavy atom. The fourth-order valence-corrected chi connectivity index (χ4v) is 2.60. The summed E-state index contributed by atoms with van der Waals surface area (Å²) >= 11 is 0. The number of carbonyl (C=O) groups excluding carboxylic acids is 1. The molecule has 1 saturated heterocycles. The van der Waals surface area contributed by atoms with Gasteiger partial charge in [0.2, 0.25) is 0 Å². The van der Waals surface area contributed by atoms with E-state index in [4.69, 9.17) is 9.47 Å². The summed E-state index contributed by atoms with van der Waals surface area (Å²) < 4.78 is 11.3. The molecule has 0 spiro atoms. The highest BCUT2D eigenvalue weighted by molar-refractivity contribution is 5.68. The van der Waals surface area contributed by atoms with Crippen molar-refractivity contribution in [3.05, 3.63) is 0 Å². The SMILES string of the molecule is CCCC(C)NCCOC1CCN(C(=O)OC(C)(C)C)CC1. The van der Waals surface area contributed by atoms with Gasteiger partial charge in [0, 0.05) is 25.7 Å². The third-order valence-corrected chi connectivity index (χ3v) is 3.76. The molecule has 1 aliphatic heterocycles. The first-order chi connectivity index (χ1) is 10.3. The predicted octanol–water partition coefficient (Wildman–Crippen LogP) is 3.18. The van der Waals surface area contributed by atoms with Crippen LogP contribution in [0.3, 0.4) is 0 Å². The van der Waals surface area contributed by atoms with Crippen molar-refractivity contribution in [2.24, 2.45) is 0 Å². The normalized spacial score (nSPS) is 18.3. The lowest BCUT2D eigenvalue weighted by Gasteiger charge is -2.33. The third-order valence-electron chi connectivity index (χ3n) is 3.76. The van der Waals surface area contributed by atoms with E-state index in [-0.39, 0.29) is 12.2 Å². The highest BCUT2D eigenvalue weighted by Crippen LogP contribution is 2.17. The van der Waals surface area contributed by atoms with Crippen molar-refractivity contribution >= 4 is 6.09 Å². The molecule has 22 heavy (non-hydrogen) atoms. The minimum absolute atomic E-state index is 0.207. The summed E-state index contributed by atoms with van der Waals surface area (Å²) in [4.78, 5) is 13.8. The predicted molar refractivity (Wildman–Crippen MR) is 89.2 cm³/mol. The van der Waals surface area contributed by atoms with Crippen LogP contribution in [0.25, 0.3) is 0 Å². The van der Waals surface area contributed by atoms with Crippen molar-refractivity contribution in [1.82, 2.24) is 10.2 Å². The van der Waals surface area contributed by atoms with Crippen molar-refractivity contribution in [3.63, 3.8) is 0 Å². The van der Waals surface area contributed by atoms with Crippen molar-refractivity contribution < 1.29 is 14.3 Å². The Bertz CT molecular complexity index is 320. The number of nitrogens with zero attached hydrogens (tertiary/aromatic N) is 1. The molecule has 0 bridgehead atoms. The molecule has 0 radical (unpaired) electrons. The standard InChI is InChI=1S/C17H34N2O3/c1-6-7-14(2)18-10-13-21-15-8-11-19(12-9-15)16(20)22-17(3,4)5/h14-15,18H,6-13H2,1-5H3. The molecule has 1 fully saturated rings. The van der Waals surface area contributed by atoms with Crippen LogP contribution in [0, 0.1) is 0 Å². The summed E-state index contributed by atoms with van der Waals surface area (Å²) in [6.07, 6.45) is 4.25. The number of hydrogen-bond acceptors (Lipinski definition) is 4. The number of piperidine rings is 1. The second-order valence-corrected chi connectivity index (χ2v) is 7.18. The molecule has 1 unspecified atom stereocenters. The summed E-state index contributed by atoms with van der Waals surface area (Å²) in [6.45, 7) is 13.2. The molecule has 5 nitrogen and oxygen atoms in total. The number of likely N-dealkylation sites (tertiary alicyclic amines) is 1. The lowest BCUT2D eigenvalue weighted by Crippen LogP contribution is -2.43. The molecular weight excluding hydrogens is 280 g/mol. The lowest BCUT2D eigenvalue weighted by molar-refractivity contribution is -0.0107. The fraction of sp³-hybridized carbons (Fsp3) is 0.941. The molecule has 1 atom stereocenters. The van der Waals surface area contributed by atoms with Gasteiger partial charge < -0.3 is 19.7 Å². The van der Waals surface area contributed by atoms with E-state index in [0.29, 0.717) is 6.04 Å². The Kier molecular flexibility index (Phi) is 8.18. The van der Waals surface area contributed by atoms with E-state index in [2.05, 4.69) is 19.2 Å². The lowest BCUT2D eigenvalue weighted by atomic mass is 10.1. The van der Waals surface area contributed by atoms with Gasteiger partial charge in [0.1, 0.15) is 5.60 Å². The zero-order valence-corrected chi connectivity index (χ0v) is 15.0. The van der Waals surface area contributed by atoms with Gasteiger partial charge in [-0.05, 0) is 47.0 Å². The Labute approximate surface area is 135 Å². The van der Waals surface area contributed by atoms with Gasteiger partial charge in [0.25, 0.3) is 0 Å². The van der Waals surface area contributed by atoms with Crippen molar-refractivity contribution in [3.8, 4) is 0 Å². The summed E-state index contributed by atoms with van der Waals surface area (Å²) in [6, 6.07) is 0.558. The molecule has 1 heterocycles. The number of hydrogen-bond donors (Lipinski definition) is 1. The minimum atomic E-state index is -0.425. The molecule has 0 aromatic carbocycles. The quantitative estimate of drug-likeness (QED) is 0.733. The van der Waals surface area contributed by atoms with E-state index in [1.54, 1.807) is 4.90 Å². The van der Waals surface area contributed by atoms with Crippen molar-refractivity contribution in [2.45, 2.75) is 78.0 Å². The molecule has 0 aromatic heterocycles. The smallest absolute Gasteiger partial charge is 0.410 e. The van der Waals surface area contributed by atoms with Gasteiger partial charge in [-0.2, -0.15) is 0 Å². The fourth-order valence-electron chi connectivity index (χ4n) is 2.60. The molecule has 1 amide bonds. The van der Waals surface area contributed by atoms with E-state index in [1.807, 2.05) is 20.8 Å². The van der Waals surface area contributed by atoms with Gasteiger partial charge in [-0.15, -0.1) is 0 Å². The molecular formula is C17H34N2O3.